The first-order chi connectivity index (χ1) is 10.9. The maximum absolute atomic E-state index is 7.36. The Bertz CT molecular complexity index is 615. The molecule has 0 radical (unpaired) electrons. The topological polar surface area (TPSA) is 12.5 Å². The van der Waals surface area contributed by atoms with E-state index in [0.717, 1.165) is 13.0 Å². The van der Waals surface area contributed by atoms with Crippen LogP contribution in [0.4, 0.5) is 0 Å². The fraction of sp³-hybridized carbons (Fsp3) is 0.667. The summed E-state index contributed by atoms with van der Waals surface area (Å²) in [6, 6.07) is 6.63. The number of likely N-dealkylation sites (tertiary alicyclic amines) is 1. The molecule has 2 fully saturated rings. The second kappa shape index (κ2) is 4.49. The maximum atomic E-state index is 7.36. The van der Waals surface area contributed by atoms with Crippen molar-refractivity contribution in [2.45, 2.75) is 50.0 Å². The molecule has 0 spiro atoms. The van der Waals surface area contributed by atoms with Crippen molar-refractivity contribution in [2.75, 3.05) is 20.6 Å². The van der Waals surface area contributed by atoms with Gasteiger partial charge in [-0.25, -0.2) is 0 Å². The van der Waals surface area contributed by atoms with Gasteiger partial charge in [-0.3, -0.25) is 0 Å². The van der Waals surface area contributed by atoms with E-state index < -0.39 is 7.04 Å². The van der Waals surface area contributed by atoms with Crippen LogP contribution in [0.2, 0.25) is 0 Å². The minimum Gasteiger partial charge on any atom is -0.497 e. The first-order valence-electron chi connectivity index (χ1n) is 9.42. The molecule has 3 atom stereocenters. The van der Waals surface area contributed by atoms with Crippen LogP contribution in [0.5, 0.6) is 5.75 Å². The number of methoxy groups -OCH3 is 1. The zero-order valence-electron chi connectivity index (χ0n) is 15.2. The fourth-order valence-corrected chi connectivity index (χ4v) is 5.24. The van der Waals surface area contributed by atoms with Gasteiger partial charge in [0.2, 0.25) is 0 Å². The second-order valence-corrected chi connectivity index (χ2v) is 6.93. The van der Waals surface area contributed by atoms with Crippen molar-refractivity contribution in [3.63, 3.8) is 0 Å². The van der Waals surface area contributed by atoms with Crippen LogP contribution in [0.15, 0.2) is 18.2 Å². The summed E-state index contributed by atoms with van der Waals surface area (Å²) >= 11 is 0. The van der Waals surface area contributed by atoms with Crippen molar-refractivity contribution in [1.29, 1.82) is 0 Å². The smallest absolute Gasteiger partial charge is 0.119 e. The molecular formula is C18H25NO. The number of rotatable bonds is 1. The molecule has 20 heavy (non-hydrogen) atoms. The number of nitrogens with zero attached hydrogens (tertiary/aromatic N) is 1. The van der Waals surface area contributed by atoms with E-state index >= 15 is 0 Å². The predicted octanol–water partition coefficient (Wildman–Crippen LogP) is 3.38. The molecule has 1 heterocycles. The summed E-state index contributed by atoms with van der Waals surface area (Å²) in [5.41, 5.74) is 3.03. The molecule has 2 aliphatic carbocycles. The summed E-state index contributed by atoms with van der Waals surface area (Å²) in [6.07, 6.45) is 7.44. The summed E-state index contributed by atoms with van der Waals surface area (Å²) in [5, 5.41) is 0. The SMILES string of the molecule is [2H]C([2H])([2H])Oc1ccc2c(c1)[C@@]13CCCC[C@@H]1[C@@H](C2)N(C)CC3. The van der Waals surface area contributed by atoms with Crippen molar-refractivity contribution in [3.8, 4) is 5.75 Å². The molecular weight excluding hydrogens is 246 g/mol. The molecule has 1 saturated carbocycles. The van der Waals surface area contributed by atoms with Crippen LogP contribution in [0.3, 0.4) is 0 Å². The molecule has 108 valence electrons. The van der Waals surface area contributed by atoms with Gasteiger partial charge in [0, 0.05) is 11.5 Å². The lowest BCUT2D eigenvalue weighted by Crippen LogP contribution is -2.59. The zero-order chi connectivity index (χ0) is 16.2. The summed E-state index contributed by atoms with van der Waals surface area (Å²) in [4.78, 5) is 2.55. The highest BCUT2D eigenvalue weighted by Gasteiger charge is 2.53. The summed E-state index contributed by atoms with van der Waals surface area (Å²) in [7, 11) is -0.109. The van der Waals surface area contributed by atoms with Crippen LogP contribution >= 0.6 is 0 Å². The number of hydrogen-bond donors (Lipinski definition) is 0. The third kappa shape index (κ3) is 1.60. The van der Waals surface area contributed by atoms with Crippen molar-refractivity contribution >= 4 is 0 Å². The maximum Gasteiger partial charge on any atom is 0.119 e. The van der Waals surface area contributed by atoms with E-state index in [4.69, 9.17) is 8.85 Å². The number of benzene rings is 1. The largest absolute Gasteiger partial charge is 0.497 e. The number of ether oxygens (including phenoxy) is 1. The first-order valence-corrected chi connectivity index (χ1v) is 7.92. The Morgan fingerprint density at radius 1 is 1.35 bits per heavy atom. The molecule has 2 bridgehead atoms. The number of likely N-dealkylation sites (N-methyl/N-ethyl adjacent to an activating group) is 1. The molecule has 0 unspecified atom stereocenters. The molecule has 1 saturated heterocycles. The molecule has 1 aliphatic heterocycles. The highest BCUT2D eigenvalue weighted by atomic mass is 16.5. The number of fused-ring (bicyclic) bond motifs is 1. The molecule has 2 heteroatoms. The minimum absolute atomic E-state index is 0.247. The van der Waals surface area contributed by atoms with E-state index in [0.29, 0.717) is 17.7 Å². The van der Waals surface area contributed by atoms with E-state index in [2.05, 4.69) is 18.0 Å². The van der Waals surface area contributed by atoms with E-state index in [9.17, 15) is 0 Å². The molecule has 4 rings (SSSR count). The van der Waals surface area contributed by atoms with Crippen LogP contribution < -0.4 is 4.74 Å². The first kappa shape index (κ1) is 9.83. The van der Waals surface area contributed by atoms with Crippen LogP contribution in [-0.2, 0) is 11.8 Å². The second-order valence-electron chi connectivity index (χ2n) is 6.93. The van der Waals surface area contributed by atoms with Gasteiger partial charge in [0.05, 0.1) is 11.2 Å². The molecule has 0 N–H and O–H groups in total. The molecule has 1 aromatic rings. The Labute approximate surface area is 126 Å². The average Bonchev–Trinajstić information content (AvgIpc) is 2.50. The van der Waals surface area contributed by atoms with Gasteiger partial charge in [-0.15, -0.1) is 0 Å². The highest BCUT2D eigenvalue weighted by Crippen LogP contribution is 2.55. The number of hydrogen-bond acceptors (Lipinski definition) is 2. The third-order valence-corrected chi connectivity index (χ3v) is 6.20. The summed E-state index contributed by atoms with van der Waals surface area (Å²) in [5.74, 6) is 1.21. The highest BCUT2D eigenvalue weighted by molar-refractivity contribution is 5.45. The molecule has 3 aliphatic rings. The van der Waals surface area contributed by atoms with Gasteiger partial charge in [0.25, 0.3) is 0 Å². The fourth-order valence-electron chi connectivity index (χ4n) is 5.24. The van der Waals surface area contributed by atoms with Gasteiger partial charge in [0.15, 0.2) is 0 Å². The van der Waals surface area contributed by atoms with Crippen molar-refractivity contribution < 1.29 is 8.85 Å². The van der Waals surface area contributed by atoms with Crippen LogP contribution in [0, 0.1) is 5.92 Å². The summed E-state index contributed by atoms with van der Waals surface area (Å²) in [6.45, 7) is 1.14. The van der Waals surface area contributed by atoms with E-state index in [1.807, 2.05) is 12.1 Å². The Morgan fingerprint density at radius 3 is 3.20 bits per heavy atom. The van der Waals surface area contributed by atoms with Crippen molar-refractivity contribution in [3.05, 3.63) is 29.3 Å². The van der Waals surface area contributed by atoms with Gasteiger partial charge in [-0.2, -0.15) is 0 Å². The average molecular weight is 274 g/mol. The lowest BCUT2D eigenvalue weighted by Gasteiger charge is -2.58. The Hall–Kier alpha value is -1.02. The van der Waals surface area contributed by atoms with Gasteiger partial charge in [0.1, 0.15) is 5.75 Å². The quantitative estimate of drug-likeness (QED) is 0.778. The van der Waals surface area contributed by atoms with Gasteiger partial charge >= 0.3 is 0 Å². The van der Waals surface area contributed by atoms with Crippen LogP contribution in [0.25, 0.3) is 0 Å². The third-order valence-electron chi connectivity index (χ3n) is 6.20. The Morgan fingerprint density at radius 2 is 2.30 bits per heavy atom. The number of piperidine rings is 1. The van der Waals surface area contributed by atoms with Gasteiger partial charge in [-0.05, 0) is 68.5 Å². The lowest BCUT2D eigenvalue weighted by atomic mass is 9.52. The van der Waals surface area contributed by atoms with E-state index in [-0.39, 0.29) is 5.41 Å². The van der Waals surface area contributed by atoms with Crippen molar-refractivity contribution in [1.82, 2.24) is 4.90 Å². The monoisotopic (exact) mass is 274 g/mol. The molecule has 0 amide bonds. The molecule has 2 nitrogen and oxygen atoms in total. The normalized spacial score (nSPS) is 39.0. The van der Waals surface area contributed by atoms with Gasteiger partial charge in [-0.1, -0.05) is 18.9 Å². The Balaban J connectivity index is 1.79. The van der Waals surface area contributed by atoms with Crippen LogP contribution in [0.1, 0.15) is 47.3 Å². The Kier molecular flexibility index (Phi) is 2.21. The van der Waals surface area contributed by atoms with E-state index in [1.54, 1.807) is 0 Å². The predicted molar refractivity (Wildman–Crippen MR) is 81.4 cm³/mol. The van der Waals surface area contributed by atoms with Crippen LogP contribution in [-0.4, -0.2) is 31.6 Å². The molecule has 1 aromatic carbocycles. The van der Waals surface area contributed by atoms with E-state index in [1.165, 1.54) is 43.2 Å². The standard InChI is InChI=1S/C18H25NO/c1-19-10-9-18-8-4-3-5-15(18)17(19)11-13-6-7-14(20-2)12-16(13)18/h6-7,12,15,17H,3-5,8-11H2,1-2H3/t15-,17-,18-/m1/s1/i2D3. The summed E-state index contributed by atoms with van der Waals surface area (Å²) < 4.78 is 27.3. The molecule has 0 aromatic heterocycles. The lowest BCUT2D eigenvalue weighted by molar-refractivity contribution is 0.00274. The minimum atomic E-state index is -2.37. The van der Waals surface area contributed by atoms with Gasteiger partial charge < -0.3 is 9.64 Å². The van der Waals surface area contributed by atoms with Crippen molar-refractivity contribution in [2.24, 2.45) is 5.92 Å². The zero-order valence-corrected chi connectivity index (χ0v) is 12.2.